The molecule has 3 aromatic heterocycles. The van der Waals surface area contributed by atoms with Crippen LogP contribution in [0, 0.1) is 13.8 Å². The first-order valence-corrected chi connectivity index (χ1v) is 11.2. The van der Waals surface area contributed by atoms with Gasteiger partial charge in [0.1, 0.15) is 10.5 Å². The minimum Gasteiger partial charge on any atom is -0.347 e. The average Bonchev–Trinajstić information content (AvgIpc) is 3.22. The Morgan fingerprint density at radius 2 is 2.07 bits per heavy atom. The summed E-state index contributed by atoms with van der Waals surface area (Å²) in [5.41, 5.74) is 1.32. The Morgan fingerprint density at radius 1 is 1.31 bits per heavy atom. The number of thioether (sulfide) groups is 1. The summed E-state index contributed by atoms with van der Waals surface area (Å²) in [6.45, 7) is 6.54. The molecular formula is C20H24N4O3S2. The third-order valence-corrected chi connectivity index (χ3v) is 6.83. The smallest absolute Gasteiger partial charge is 0.274 e. The highest BCUT2D eigenvalue weighted by atomic mass is 32.2. The Balaban J connectivity index is 1.81. The molecule has 0 fully saturated rings. The number of aromatic nitrogens is 3. The molecule has 2 amide bonds. The summed E-state index contributed by atoms with van der Waals surface area (Å²) in [5.74, 6) is -0.862. The van der Waals surface area contributed by atoms with Gasteiger partial charge in [0.05, 0.1) is 11.1 Å². The molecule has 3 aromatic rings. The van der Waals surface area contributed by atoms with Crippen molar-refractivity contribution in [2.45, 2.75) is 45.3 Å². The third-order valence-electron chi connectivity index (χ3n) is 4.75. The minimum atomic E-state index is -0.445. The van der Waals surface area contributed by atoms with Gasteiger partial charge in [0, 0.05) is 24.7 Å². The maximum absolute atomic E-state index is 13.1. The highest BCUT2D eigenvalue weighted by Crippen LogP contribution is 2.28. The van der Waals surface area contributed by atoms with E-state index in [0.717, 1.165) is 23.3 Å². The van der Waals surface area contributed by atoms with Crippen LogP contribution in [0.3, 0.4) is 0 Å². The van der Waals surface area contributed by atoms with Crippen molar-refractivity contribution >= 4 is 45.1 Å². The molecule has 7 nitrogen and oxygen atoms in total. The molecule has 0 aliphatic carbocycles. The Kier molecular flexibility index (Phi) is 6.59. The lowest BCUT2D eigenvalue weighted by Crippen LogP contribution is -2.33. The third kappa shape index (κ3) is 4.45. The van der Waals surface area contributed by atoms with Crippen molar-refractivity contribution in [3.63, 3.8) is 0 Å². The summed E-state index contributed by atoms with van der Waals surface area (Å²) >= 11 is 2.67. The number of nitrogens with one attached hydrogen (secondary N) is 1. The predicted octanol–water partition coefficient (Wildman–Crippen LogP) is 3.26. The number of carbonyl (C=O) groups is 2. The van der Waals surface area contributed by atoms with Gasteiger partial charge in [0.25, 0.3) is 11.5 Å². The van der Waals surface area contributed by atoms with Crippen molar-refractivity contribution in [1.29, 1.82) is 0 Å². The summed E-state index contributed by atoms with van der Waals surface area (Å²) in [6.07, 6.45) is 3.54. The van der Waals surface area contributed by atoms with E-state index in [0.29, 0.717) is 27.6 Å². The van der Waals surface area contributed by atoms with Crippen LogP contribution >= 0.6 is 23.1 Å². The van der Waals surface area contributed by atoms with Crippen molar-refractivity contribution in [2.75, 3.05) is 5.75 Å². The van der Waals surface area contributed by atoms with Gasteiger partial charge < -0.3 is 4.57 Å². The molecule has 154 valence electrons. The van der Waals surface area contributed by atoms with E-state index in [-0.39, 0.29) is 11.3 Å². The van der Waals surface area contributed by atoms with Gasteiger partial charge in [-0.1, -0.05) is 25.1 Å². The van der Waals surface area contributed by atoms with Gasteiger partial charge in [-0.25, -0.2) is 4.98 Å². The number of thiophene rings is 1. The van der Waals surface area contributed by atoms with E-state index < -0.39 is 11.8 Å². The molecular weight excluding hydrogens is 408 g/mol. The largest absolute Gasteiger partial charge is 0.347 e. The first-order chi connectivity index (χ1) is 13.8. The van der Waals surface area contributed by atoms with Crippen LogP contribution in [0.2, 0.25) is 0 Å². The highest BCUT2D eigenvalue weighted by molar-refractivity contribution is 7.99. The summed E-state index contributed by atoms with van der Waals surface area (Å²) in [7, 11) is 1.74. The monoisotopic (exact) mass is 432 g/mol. The molecule has 0 saturated carbocycles. The van der Waals surface area contributed by atoms with E-state index >= 15 is 0 Å². The van der Waals surface area contributed by atoms with E-state index in [4.69, 9.17) is 0 Å². The van der Waals surface area contributed by atoms with E-state index in [2.05, 4.69) is 17.2 Å². The van der Waals surface area contributed by atoms with E-state index in [1.54, 1.807) is 34.5 Å². The molecule has 0 aliphatic heterocycles. The molecule has 0 saturated heterocycles. The van der Waals surface area contributed by atoms with Gasteiger partial charge in [-0.2, -0.15) is 0 Å². The molecule has 3 heterocycles. The Morgan fingerprint density at radius 3 is 2.72 bits per heavy atom. The molecule has 0 aromatic carbocycles. The van der Waals surface area contributed by atoms with Crippen LogP contribution in [0.1, 0.15) is 40.7 Å². The molecule has 1 N–H and O–H groups in total. The van der Waals surface area contributed by atoms with E-state index in [1.807, 2.05) is 13.8 Å². The van der Waals surface area contributed by atoms with Crippen LogP contribution in [0.25, 0.3) is 10.2 Å². The molecule has 0 bridgehead atoms. The number of carbonyl (C=O) groups excluding carboxylic acids is 2. The summed E-state index contributed by atoms with van der Waals surface area (Å²) < 4.78 is 3.30. The zero-order chi connectivity index (χ0) is 21.1. The van der Waals surface area contributed by atoms with Gasteiger partial charge in [-0.3, -0.25) is 24.3 Å². The fourth-order valence-electron chi connectivity index (χ4n) is 2.99. The lowest BCUT2D eigenvalue weighted by molar-refractivity contribution is -0.117. The van der Waals surface area contributed by atoms with Crippen LogP contribution in [0.4, 0.5) is 0 Å². The molecule has 0 radical (unpaired) electrons. The van der Waals surface area contributed by atoms with Gasteiger partial charge in [0.2, 0.25) is 5.91 Å². The number of aryl methyl sites for hydroxylation is 3. The molecule has 29 heavy (non-hydrogen) atoms. The standard InChI is InChI=1S/C20H24N4O3S2/c1-5-6-10-24-19(27)16-12(2)13(3)29-18(16)22-20(24)28-11-15(25)21-17(26)14-8-7-9-23(14)4/h7-9H,5-6,10-11H2,1-4H3,(H,21,25,26). The molecule has 9 heteroatoms. The summed E-state index contributed by atoms with van der Waals surface area (Å²) in [5, 5.41) is 3.56. The number of imide groups is 1. The fourth-order valence-corrected chi connectivity index (χ4v) is 4.88. The Labute approximate surface area is 177 Å². The number of fused-ring (bicyclic) bond motifs is 1. The topological polar surface area (TPSA) is 86.0 Å². The van der Waals surface area contributed by atoms with Crippen molar-refractivity contribution in [1.82, 2.24) is 19.4 Å². The number of amides is 2. The lowest BCUT2D eigenvalue weighted by atomic mass is 10.2. The Hall–Kier alpha value is -2.39. The van der Waals surface area contributed by atoms with Gasteiger partial charge in [-0.15, -0.1) is 11.3 Å². The molecule has 0 spiro atoms. The maximum Gasteiger partial charge on any atom is 0.274 e. The molecule has 0 aliphatic rings. The predicted molar refractivity (Wildman–Crippen MR) is 117 cm³/mol. The second-order valence-corrected chi connectivity index (χ2v) is 8.98. The second-order valence-electron chi connectivity index (χ2n) is 6.84. The number of hydrogen-bond donors (Lipinski definition) is 1. The first-order valence-electron chi connectivity index (χ1n) is 9.42. The quantitative estimate of drug-likeness (QED) is 0.457. The van der Waals surface area contributed by atoms with Crippen molar-refractivity contribution < 1.29 is 9.59 Å². The SMILES string of the molecule is CCCCn1c(SCC(=O)NC(=O)c2cccn2C)nc2sc(C)c(C)c2c1=O. The van der Waals surface area contributed by atoms with Crippen molar-refractivity contribution in [2.24, 2.45) is 7.05 Å². The van der Waals surface area contributed by atoms with Crippen LogP contribution in [-0.2, 0) is 18.4 Å². The molecule has 0 unspecified atom stereocenters. The van der Waals surface area contributed by atoms with E-state index in [9.17, 15) is 14.4 Å². The van der Waals surface area contributed by atoms with Gasteiger partial charge >= 0.3 is 0 Å². The number of unbranched alkanes of at least 4 members (excludes halogenated alkanes) is 1. The van der Waals surface area contributed by atoms with Crippen LogP contribution in [-0.4, -0.2) is 31.7 Å². The van der Waals surface area contributed by atoms with Gasteiger partial charge in [-0.05, 0) is 38.0 Å². The maximum atomic E-state index is 13.1. The number of nitrogens with zero attached hydrogens (tertiary/aromatic N) is 3. The van der Waals surface area contributed by atoms with Crippen LogP contribution in [0.5, 0.6) is 0 Å². The van der Waals surface area contributed by atoms with Crippen molar-refractivity contribution in [3.05, 3.63) is 44.8 Å². The van der Waals surface area contributed by atoms with Crippen molar-refractivity contribution in [3.8, 4) is 0 Å². The second kappa shape index (κ2) is 8.96. The van der Waals surface area contributed by atoms with E-state index in [1.165, 1.54) is 23.1 Å². The number of hydrogen-bond acceptors (Lipinski definition) is 6. The molecule has 3 rings (SSSR count). The lowest BCUT2D eigenvalue weighted by Gasteiger charge is -2.12. The number of rotatable bonds is 7. The zero-order valence-corrected chi connectivity index (χ0v) is 18.6. The Bertz CT molecular complexity index is 1130. The zero-order valence-electron chi connectivity index (χ0n) is 16.9. The van der Waals surface area contributed by atoms with Gasteiger partial charge in [0.15, 0.2) is 5.16 Å². The minimum absolute atomic E-state index is 0.00355. The van der Waals surface area contributed by atoms with Crippen LogP contribution in [0.15, 0.2) is 28.3 Å². The molecule has 0 atom stereocenters. The normalized spacial score (nSPS) is 11.2. The highest BCUT2D eigenvalue weighted by Gasteiger charge is 2.18. The average molecular weight is 433 g/mol. The first kappa shape index (κ1) is 21.3. The summed E-state index contributed by atoms with van der Waals surface area (Å²) in [6, 6.07) is 3.39. The summed E-state index contributed by atoms with van der Waals surface area (Å²) in [4.78, 5) is 44.0. The fraction of sp³-hybridized carbons (Fsp3) is 0.400. The van der Waals surface area contributed by atoms with Crippen LogP contribution < -0.4 is 10.9 Å².